The van der Waals surface area contributed by atoms with E-state index in [1.165, 1.54) is 0 Å². The van der Waals surface area contributed by atoms with Crippen molar-refractivity contribution in [3.05, 3.63) is 35.4 Å². The molecular weight excluding hydrogens is 320 g/mol. The van der Waals surface area contributed by atoms with Gasteiger partial charge in [0.15, 0.2) is 0 Å². The third kappa shape index (κ3) is 2.24. The van der Waals surface area contributed by atoms with Gasteiger partial charge in [-0.05, 0) is 11.8 Å². The molecule has 2 aromatic rings. The van der Waals surface area contributed by atoms with Crippen molar-refractivity contribution in [3.63, 3.8) is 0 Å². The van der Waals surface area contributed by atoms with Crippen LogP contribution in [0.4, 0.5) is 0 Å². The Labute approximate surface area is 135 Å². The third-order valence-electron chi connectivity index (χ3n) is 4.32. The quantitative estimate of drug-likeness (QED) is 0.417. The molecule has 0 atom stereocenters. The molecule has 0 saturated heterocycles. The Hall–Kier alpha value is -2.84. The van der Waals surface area contributed by atoms with Gasteiger partial charge in [-0.15, -0.1) is 12.2 Å². The monoisotopic (exact) mass is 334 g/mol. The predicted octanol–water partition coefficient (Wildman–Crippen LogP) is -0.741. The van der Waals surface area contributed by atoms with E-state index in [1.807, 2.05) is 0 Å². The van der Waals surface area contributed by atoms with Gasteiger partial charge in [0.1, 0.15) is 34.5 Å². The fraction of sp³-hybridized carbons (Fsp3) is 0.250. The summed E-state index contributed by atoms with van der Waals surface area (Å²) in [6, 6.07) is 3.60. The average Bonchev–Trinajstić information content (AvgIpc) is 2.46. The summed E-state index contributed by atoms with van der Waals surface area (Å²) >= 11 is 0. The van der Waals surface area contributed by atoms with Gasteiger partial charge in [-0.2, -0.15) is 0 Å². The van der Waals surface area contributed by atoms with E-state index in [0.717, 1.165) is 24.3 Å². The molecule has 0 heterocycles. The first kappa shape index (κ1) is 16.0. The Morgan fingerprint density at radius 3 is 1.04 bits per heavy atom. The number of phenolic OH excluding ortho intramolecular Hbond substituents is 6. The molecule has 0 aromatic heterocycles. The second-order valence-corrected chi connectivity index (χ2v) is 5.78. The first-order chi connectivity index (χ1) is 11.2. The minimum atomic E-state index is -1.66. The van der Waals surface area contributed by atoms with E-state index in [2.05, 4.69) is 0 Å². The Balaban J connectivity index is 2.00. The lowest BCUT2D eigenvalue weighted by molar-refractivity contribution is -0.536. The van der Waals surface area contributed by atoms with Crippen molar-refractivity contribution in [2.24, 2.45) is 0 Å². The number of hydrogen-bond acceptors (Lipinski definition) is 8. The van der Waals surface area contributed by atoms with Crippen molar-refractivity contribution in [1.29, 1.82) is 0 Å². The predicted molar refractivity (Wildman–Crippen MR) is 75.9 cm³/mol. The summed E-state index contributed by atoms with van der Waals surface area (Å²) in [7, 11) is 0. The highest BCUT2D eigenvalue weighted by atomic mass is 16.3. The van der Waals surface area contributed by atoms with E-state index < -0.39 is 58.5 Å². The van der Waals surface area contributed by atoms with E-state index >= 15 is 0 Å². The molecule has 24 heavy (non-hydrogen) atoms. The Morgan fingerprint density at radius 1 is 0.542 bits per heavy atom. The minimum absolute atomic E-state index is 0.276. The normalized spacial score (nSPS) is 26.1. The fourth-order valence-corrected chi connectivity index (χ4v) is 3.23. The van der Waals surface area contributed by atoms with Gasteiger partial charge < -0.3 is 40.9 Å². The van der Waals surface area contributed by atoms with Crippen LogP contribution in [0.1, 0.15) is 23.0 Å². The molecule has 1 aliphatic carbocycles. The van der Waals surface area contributed by atoms with Gasteiger partial charge in [0.05, 0.1) is 0 Å². The zero-order chi connectivity index (χ0) is 17.8. The number of phenols is 6. The van der Waals surface area contributed by atoms with Crippen LogP contribution in [0.5, 0.6) is 34.5 Å². The molecule has 0 amide bonds. The average molecular weight is 334 g/mol. The number of benzene rings is 2. The van der Waals surface area contributed by atoms with Gasteiger partial charge >= 0.3 is 0 Å². The van der Waals surface area contributed by atoms with Crippen LogP contribution in [0.25, 0.3) is 0 Å². The smallest absolute Gasteiger partial charge is 0.126 e. The van der Waals surface area contributed by atoms with E-state index in [-0.39, 0.29) is 11.1 Å². The van der Waals surface area contributed by atoms with Crippen LogP contribution in [0.2, 0.25) is 0 Å². The fourth-order valence-electron chi connectivity index (χ4n) is 3.23. The Morgan fingerprint density at radius 2 is 0.792 bits per heavy atom. The molecule has 0 bridgehead atoms. The van der Waals surface area contributed by atoms with Crippen LogP contribution in [-0.2, 0) is 0 Å². The van der Waals surface area contributed by atoms with Gasteiger partial charge in [-0.25, -0.2) is 0 Å². The van der Waals surface area contributed by atoms with Gasteiger partial charge in [0.25, 0.3) is 0 Å². The summed E-state index contributed by atoms with van der Waals surface area (Å²) in [4.78, 5) is 0. The number of aromatic hydroxyl groups is 6. The summed E-state index contributed by atoms with van der Waals surface area (Å²) in [6.07, 6.45) is -3.31. The molecule has 128 valence electrons. The summed E-state index contributed by atoms with van der Waals surface area (Å²) in [5.41, 5.74) is -0.552. The molecule has 0 spiro atoms. The lowest BCUT2D eigenvalue weighted by Gasteiger charge is -2.61. The maximum Gasteiger partial charge on any atom is 0.126 e. The second kappa shape index (κ2) is 5.36. The van der Waals surface area contributed by atoms with E-state index in [1.54, 1.807) is 0 Å². The zero-order valence-electron chi connectivity index (χ0n) is 12.1. The van der Waals surface area contributed by atoms with Crippen LogP contribution < -0.4 is 10.2 Å². The van der Waals surface area contributed by atoms with Gasteiger partial charge in [0.2, 0.25) is 0 Å². The SMILES string of the molecule is [O-]C1C(c2c(O)cc(O)cc2O)C([O-])C1c1c(O)cc(O)cc1O. The molecule has 6 N–H and O–H groups in total. The van der Waals surface area contributed by atoms with Crippen molar-refractivity contribution < 1.29 is 40.9 Å². The first-order valence-corrected chi connectivity index (χ1v) is 7.03. The zero-order valence-corrected chi connectivity index (χ0v) is 12.1. The van der Waals surface area contributed by atoms with Crippen LogP contribution in [0.15, 0.2) is 24.3 Å². The molecule has 0 radical (unpaired) electrons. The Bertz CT molecular complexity index is 681. The van der Waals surface area contributed by atoms with Gasteiger partial charge in [-0.1, -0.05) is 0 Å². The van der Waals surface area contributed by atoms with E-state index in [4.69, 9.17) is 0 Å². The summed E-state index contributed by atoms with van der Waals surface area (Å²) in [5, 5.41) is 82.8. The van der Waals surface area contributed by atoms with Crippen molar-refractivity contribution in [2.75, 3.05) is 0 Å². The van der Waals surface area contributed by atoms with Crippen LogP contribution in [0, 0.1) is 0 Å². The standard InChI is InChI=1S/C16H14O8/c17-5-1-7(19)11(8(20)2-5)13-15(23)14(16(13)24)12-9(21)3-6(18)4-10(12)22/h1-4,13-22H/q-2. The first-order valence-electron chi connectivity index (χ1n) is 7.03. The third-order valence-corrected chi connectivity index (χ3v) is 4.32. The highest BCUT2D eigenvalue weighted by Crippen LogP contribution is 2.54. The molecular formula is C16H14O8-2. The maximum atomic E-state index is 12.5. The highest BCUT2D eigenvalue weighted by molar-refractivity contribution is 5.57. The van der Waals surface area contributed by atoms with Crippen molar-refractivity contribution in [3.8, 4) is 34.5 Å². The lowest BCUT2D eigenvalue weighted by Crippen LogP contribution is -2.63. The maximum absolute atomic E-state index is 12.5. The molecule has 2 aromatic carbocycles. The van der Waals surface area contributed by atoms with Gasteiger partial charge in [0, 0.05) is 35.4 Å². The van der Waals surface area contributed by atoms with E-state index in [0.29, 0.717) is 0 Å². The molecule has 1 aliphatic rings. The number of rotatable bonds is 2. The van der Waals surface area contributed by atoms with Crippen molar-refractivity contribution >= 4 is 0 Å². The minimum Gasteiger partial charge on any atom is -0.851 e. The molecule has 0 unspecified atom stereocenters. The molecule has 8 nitrogen and oxygen atoms in total. The highest BCUT2D eigenvalue weighted by Gasteiger charge is 2.43. The summed E-state index contributed by atoms with van der Waals surface area (Å²) < 4.78 is 0. The summed E-state index contributed by atoms with van der Waals surface area (Å²) in [6.45, 7) is 0. The lowest BCUT2D eigenvalue weighted by atomic mass is 9.62. The number of hydrogen-bond donors (Lipinski definition) is 6. The van der Waals surface area contributed by atoms with Crippen molar-refractivity contribution in [2.45, 2.75) is 24.0 Å². The second-order valence-electron chi connectivity index (χ2n) is 5.78. The topological polar surface area (TPSA) is 168 Å². The molecule has 1 fully saturated rings. The molecule has 3 rings (SSSR count). The summed E-state index contributed by atoms with van der Waals surface area (Å²) in [5.74, 6) is -5.83. The van der Waals surface area contributed by atoms with E-state index in [9.17, 15) is 40.9 Å². The van der Waals surface area contributed by atoms with Gasteiger partial charge in [-0.3, -0.25) is 0 Å². The van der Waals surface area contributed by atoms with Crippen LogP contribution >= 0.6 is 0 Å². The Kier molecular flexibility index (Phi) is 3.58. The van der Waals surface area contributed by atoms with Crippen LogP contribution in [-0.4, -0.2) is 42.8 Å². The largest absolute Gasteiger partial charge is 0.851 e. The molecule has 0 aliphatic heterocycles. The molecule has 8 heteroatoms. The molecule has 1 saturated carbocycles. The van der Waals surface area contributed by atoms with Crippen molar-refractivity contribution in [1.82, 2.24) is 0 Å². The van der Waals surface area contributed by atoms with Crippen LogP contribution in [0.3, 0.4) is 0 Å².